The molecule has 2 heterocycles. The molecule has 3 rings (SSSR count). The summed E-state index contributed by atoms with van der Waals surface area (Å²) >= 11 is 1.46. The van der Waals surface area contributed by atoms with E-state index in [1.807, 2.05) is 19.1 Å². The van der Waals surface area contributed by atoms with E-state index in [1.165, 1.54) is 11.3 Å². The van der Waals surface area contributed by atoms with Crippen LogP contribution in [0.15, 0.2) is 42.2 Å². The molecule has 0 fully saturated rings. The fourth-order valence-electron chi connectivity index (χ4n) is 2.21. The van der Waals surface area contributed by atoms with Crippen molar-refractivity contribution in [2.24, 2.45) is 0 Å². The minimum atomic E-state index is -5.28. The lowest BCUT2D eigenvalue weighted by Gasteiger charge is -2.09. The van der Waals surface area contributed by atoms with E-state index >= 15 is 0 Å². The van der Waals surface area contributed by atoms with Crippen LogP contribution in [0, 0.1) is 6.92 Å². The van der Waals surface area contributed by atoms with Gasteiger partial charge in [0.25, 0.3) is 0 Å². The summed E-state index contributed by atoms with van der Waals surface area (Å²) in [6.07, 6.45) is -2.41. The number of hydrogen-bond donors (Lipinski definition) is 1. The lowest BCUT2D eigenvalue weighted by molar-refractivity contribution is -0.193. The number of nitrogens with one attached hydrogen (secondary N) is 1. The number of thiazole rings is 1. The number of carbonyl (C=O) groups is 2. The first-order valence-electron chi connectivity index (χ1n) is 7.66. The Morgan fingerprint density at radius 2 is 2.00 bits per heavy atom. The minimum Gasteiger partial charge on any atom is -0.381 e. The summed E-state index contributed by atoms with van der Waals surface area (Å²) < 4.78 is 40.4. The van der Waals surface area contributed by atoms with Crippen molar-refractivity contribution in [3.63, 3.8) is 0 Å². The summed E-state index contributed by atoms with van der Waals surface area (Å²) in [6.45, 7) is 1.88. The largest absolute Gasteiger partial charge is 0.491 e. The molecule has 28 heavy (non-hydrogen) atoms. The van der Waals surface area contributed by atoms with Crippen LogP contribution in [-0.2, 0) is 9.53 Å². The van der Waals surface area contributed by atoms with E-state index in [2.05, 4.69) is 25.0 Å². The molecule has 0 atom stereocenters. The van der Waals surface area contributed by atoms with Gasteiger partial charge in [-0.3, -0.25) is 4.98 Å². The monoisotopic (exact) mass is 408 g/mol. The lowest BCUT2D eigenvalue weighted by atomic mass is 10.1. The number of aryl methyl sites for hydroxylation is 1. The number of carbonyl (C=O) groups excluding carboxylic acids is 2. The molecule has 0 saturated heterocycles. The van der Waals surface area contributed by atoms with Crippen LogP contribution in [0.5, 0.6) is 0 Å². The number of esters is 2. The molecule has 2 aromatic heterocycles. The highest BCUT2D eigenvalue weighted by Gasteiger charge is 2.42. The van der Waals surface area contributed by atoms with E-state index in [-0.39, 0.29) is 5.95 Å². The summed E-state index contributed by atoms with van der Waals surface area (Å²) in [5.74, 6) is -4.18. The summed E-state index contributed by atoms with van der Waals surface area (Å²) in [4.78, 5) is 35.2. The fraction of sp³-hybridized carbons (Fsp3) is 0.118. The Morgan fingerprint density at radius 3 is 2.68 bits per heavy atom. The quantitative estimate of drug-likeness (QED) is 0.517. The molecule has 0 saturated carbocycles. The van der Waals surface area contributed by atoms with Gasteiger partial charge in [0.1, 0.15) is 0 Å². The van der Waals surface area contributed by atoms with Crippen LogP contribution in [0.1, 0.15) is 16.1 Å². The van der Waals surface area contributed by atoms with Crippen molar-refractivity contribution in [2.45, 2.75) is 13.1 Å². The first-order chi connectivity index (χ1) is 13.2. The number of alkyl halides is 3. The summed E-state index contributed by atoms with van der Waals surface area (Å²) in [6, 6.07) is 6.60. The standard InChI is InChI=1S/C17H11F3N4O3S/c1-9-4-10(13-7-21-8-28-13)6-11(5-9)23-16-22-3-2-12(24-16)14(25)27-15(26)17(18,19)20/h2-8H,1H3,(H,22,23,24). The van der Waals surface area contributed by atoms with E-state index in [0.717, 1.165) is 28.3 Å². The number of nitrogens with zero attached hydrogens (tertiary/aromatic N) is 3. The molecule has 0 radical (unpaired) electrons. The average Bonchev–Trinajstić information content (AvgIpc) is 3.15. The van der Waals surface area contributed by atoms with Gasteiger partial charge in [0.2, 0.25) is 5.95 Å². The van der Waals surface area contributed by atoms with Crippen LogP contribution in [0.2, 0.25) is 0 Å². The predicted molar refractivity (Wildman–Crippen MR) is 94.1 cm³/mol. The van der Waals surface area contributed by atoms with Gasteiger partial charge in [-0.05, 0) is 36.2 Å². The van der Waals surface area contributed by atoms with E-state index in [0.29, 0.717) is 5.69 Å². The molecule has 0 bridgehead atoms. The van der Waals surface area contributed by atoms with Gasteiger partial charge in [-0.1, -0.05) is 6.07 Å². The van der Waals surface area contributed by atoms with E-state index in [1.54, 1.807) is 17.8 Å². The predicted octanol–water partition coefficient (Wildman–Crippen LogP) is 3.90. The second kappa shape index (κ2) is 7.72. The van der Waals surface area contributed by atoms with Crippen LogP contribution in [0.3, 0.4) is 0 Å². The normalized spacial score (nSPS) is 11.1. The van der Waals surface area contributed by atoms with Gasteiger partial charge in [-0.25, -0.2) is 19.6 Å². The van der Waals surface area contributed by atoms with E-state index < -0.39 is 23.8 Å². The van der Waals surface area contributed by atoms with Crippen molar-refractivity contribution in [3.8, 4) is 10.4 Å². The second-order valence-corrected chi connectivity index (χ2v) is 6.40. The summed E-state index contributed by atoms with van der Waals surface area (Å²) in [5.41, 5.74) is 3.63. The number of hydrogen-bond acceptors (Lipinski definition) is 8. The molecule has 0 aliphatic rings. The Hall–Kier alpha value is -3.34. The van der Waals surface area contributed by atoms with Crippen LogP contribution >= 0.6 is 11.3 Å². The Kier molecular flexibility index (Phi) is 5.36. The molecule has 0 unspecified atom stereocenters. The van der Waals surface area contributed by atoms with Crippen LogP contribution in [0.4, 0.5) is 24.8 Å². The third-order valence-corrected chi connectivity index (χ3v) is 4.15. The van der Waals surface area contributed by atoms with E-state index in [9.17, 15) is 22.8 Å². The number of rotatable bonds is 4. The third-order valence-electron chi connectivity index (χ3n) is 3.33. The molecule has 0 aliphatic heterocycles. The maximum absolute atomic E-state index is 12.2. The van der Waals surface area contributed by atoms with Gasteiger partial charge < -0.3 is 10.1 Å². The smallest absolute Gasteiger partial charge is 0.381 e. The molecule has 11 heteroatoms. The van der Waals surface area contributed by atoms with Crippen LogP contribution in [0.25, 0.3) is 10.4 Å². The van der Waals surface area contributed by atoms with Gasteiger partial charge in [0, 0.05) is 18.1 Å². The molecule has 1 N–H and O–H groups in total. The molecule has 3 aromatic rings. The van der Waals surface area contributed by atoms with Crippen LogP contribution < -0.4 is 5.32 Å². The number of ether oxygens (including phenoxy) is 1. The van der Waals surface area contributed by atoms with Crippen molar-refractivity contribution in [2.75, 3.05) is 5.32 Å². The number of benzene rings is 1. The second-order valence-electron chi connectivity index (χ2n) is 5.52. The minimum absolute atomic E-state index is 0.0465. The SMILES string of the molecule is Cc1cc(Nc2nccc(C(=O)OC(=O)C(F)(F)F)n2)cc(-c2cncs2)c1. The molecular weight excluding hydrogens is 397 g/mol. The molecule has 0 aliphatic carbocycles. The Balaban J connectivity index is 1.80. The highest BCUT2D eigenvalue weighted by Crippen LogP contribution is 2.28. The Bertz CT molecular complexity index is 1020. The maximum atomic E-state index is 12.2. The average molecular weight is 408 g/mol. The van der Waals surface area contributed by atoms with Gasteiger partial charge >= 0.3 is 18.1 Å². The fourth-order valence-corrected chi connectivity index (χ4v) is 2.82. The first-order valence-corrected chi connectivity index (χ1v) is 8.54. The highest BCUT2D eigenvalue weighted by atomic mass is 32.1. The van der Waals surface area contributed by atoms with Crippen molar-refractivity contribution in [1.82, 2.24) is 15.0 Å². The topological polar surface area (TPSA) is 94.1 Å². The Labute approximate surface area is 160 Å². The Morgan fingerprint density at radius 1 is 1.21 bits per heavy atom. The maximum Gasteiger partial charge on any atom is 0.491 e. The van der Waals surface area contributed by atoms with Gasteiger partial charge in [0.05, 0.1) is 10.4 Å². The van der Waals surface area contributed by atoms with Gasteiger partial charge in [-0.2, -0.15) is 13.2 Å². The van der Waals surface area contributed by atoms with Gasteiger partial charge in [-0.15, -0.1) is 11.3 Å². The van der Waals surface area contributed by atoms with Crippen molar-refractivity contribution >= 4 is 34.9 Å². The molecule has 7 nitrogen and oxygen atoms in total. The van der Waals surface area contributed by atoms with Gasteiger partial charge in [0.15, 0.2) is 5.69 Å². The first kappa shape index (κ1) is 19.4. The molecule has 0 amide bonds. The molecule has 1 aromatic carbocycles. The van der Waals surface area contributed by atoms with Crippen LogP contribution in [-0.4, -0.2) is 33.1 Å². The van der Waals surface area contributed by atoms with E-state index in [4.69, 9.17) is 0 Å². The lowest BCUT2D eigenvalue weighted by Crippen LogP contribution is -2.28. The highest BCUT2D eigenvalue weighted by molar-refractivity contribution is 7.13. The summed E-state index contributed by atoms with van der Waals surface area (Å²) in [5, 5.41) is 2.87. The molecular formula is C17H11F3N4O3S. The molecule has 144 valence electrons. The van der Waals surface area contributed by atoms with Crippen molar-refractivity contribution < 1.29 is 27.5 Å². The molecule has 0 spiro atoms. The number of halogens is 3. The zero-order valence-corrected chi connectivity index (χ0v) is 15.0. The third kappa shape index (κ3) is 4.68. The van der Waals surface area contributed by atoms with Crippen molar-refractivity contribution in [1.29, 1.82) is 0 Å². The zero-order chi connectivity index (χ0) is 20.3. The number of anilines is 2. The summed E-state index contributed by atoms with van der Waals surface area (Å²) in [7, 11) is 0. The number of aromatic nitrogens is 3. The zero-order valence-electron chi connectivity index (χ0n) is 14.1. The van der Waals surface area contributed by atoms with Crippen molar-refractivity contribution in [3.05, 3.63) is 53.4 Å².